The smallest absolute Gasteiger partial charge is 0.249 e. The van der Waals surface area contributed by atoms with Gasteiger partial charge < -0.3 is 10.2 Å². The zero-order valence-corrected chi connectivity index (χ0v) is 12.0. The summed E-state index contributed by atoms with van der Waals surface area (Å²) in [6.45, 7) is 3.41. The van der Waals surface area contributed by atoms with Gasteiger partial charge in [0.15, 0.2) is 0 Å². The molecule has 1 N–H and O–H groups in total. The van der Waals surface area contributed by atoms with E-state index in [1.807, 2.05) is 35.2 Å². The van der Waals surface area contributed by atoms with Crippen LogP contribution in [0.2, 0.25) is 0 Å². The average Bonchev–Trinajstić information content (AvgIpc) is 2.61. The maximum absolute atomic E-state index is 12.6. The van der Waals surface area contributed by atoms with E-state index in [2.05, 4.69) is 12.2 Å². The third kappa shape index (κ3) is 3.59. The minimum atomic E-state index is -0.534. The minimum Gasteiger partial charge on any atom is -0.340 e. The molecule has 1 heterocycles. The van der Waals surface area contributed by atoms with E-state index < -0.39 is 6.04 Å². The summed E-state index contributed by atoms with van der Waals surface area (Å²) in [4.78, 5) is 26.2. The van der Waals surface area contributed by atoms with E-state index in [-0.39, 0.29) is 11.8 Å². The highest BCUT2D eigenvalue weighted by Gasteiger charge is 2.30. The first-order valence-electron chi connectivity index (χ1n) is 7.35. The zero-order chi connectivity index (χ0) is 14.4. The van der Waals surface area contributed by atoms with Crippen molar-refractivity contribution in [3.8, 4) is 0 Å². The van der Waals surface area contributed by atoms with Gasteiger partial charge in [-0.15, -0.1) is 0 Å². The molecule has 1 fully saturated rings. The molecule has 20 heavy (non-hydrogen) atoms. The fraction of sp³-hybridized carbons (Fsp3) is 0.500. The van der Waals surface area contributed by atoms with Gasteiger partial charge in [-0.3, -0.25) is 9.59 Å². The SMILES string of the molecule is CCCCCN1CCC(=O)NC(c2ccccc2)C1=O. The summed E-state index contributed by atoms with van der Waals surface area (Å²) in [5.41, 5.74) is 0.855. The van der Waals surface area contributed by atoms with E-state index >= 15 is 0 Å². The van der Waals surface area contributed by atoms with E-state index in [0.29, 0.717) is 13.0 Å². The molecule has 0 aliphatic carbocycles. The lowest BCUT2D eigenvalue weighted by atomic mass is 10.1. The Bertz CT molecular complexity index is 459. The Morgan fingerprint density at radius 1 is 1.20 bits per heavy atom. The molecule has 2 amide bonds. The van der Waals surface area contributed by atoms with Crippen LogP contribution in [0.25, 0.3) is 0 Å². The van der Waals surface area contributed by atoms with Gasteiger partial charge in [0.1, 0.15) is 6.04 Å². The van der Waals surface area contributed by atoms with Gasteiger partial charge in [0.05, 0.1) is 0 Å². The second-order valence-corrected chi connectivity index (χ2v) is 5.19. The maximum atomic E-state index is 12.6. The van der Waals surface area contributed by atoms with Crippen LogP contribution in [0.15, 0.2) is 30.3 Å². The number of unbranched alkanes of at least 4 members (excludes halogenated alkanes) is 2. The molecule has 1 aromatic rings. The molecule has 1 aromatic carbocycles. The Kier molecular flexibility index (Phi) is 5.16. The molecule has 1 saturated heterocycles. The Morgan fingerprint density at radius 2 is 1.95 bits per heavy atom. The predicted octanol–water partition coefficient (Wildman–Crippen LogP) is 2.27. The molecule has 1 atom stereocenters. The number of hydrogen-bond donors (Lipinski definition) is 1. The maximum Gasteiger partial charge on any atom is 0.249 e. The molecule has 4 heteroatoms. The molecule has 2 rings (SSSR count). The Labute approximate surface area is 120 Å². The summed E-state index contributed by atoms with van der Waals surface area (Å²) in [7, 11) is 0. The topological polar surface area (TPSA) is 49.4 Å². The Balaban J connectivity index is 2.13. The van der Waals surface area contributed by atoms with Crippen molar-refractivity contribution in [3.63, 3.8) is 0 Å². The van der Waals surface area contributed by atoms with Gasteiger partial charge in [0, 0.05) is 19.5 Å². The van der Waals surface area contributed by atoms with Crippen LogP contribution in [0.4, 0.5) is 0 Å². The van der Waals surface area contributed by atoms with Gasteiger partial charge in [-0.25, -0.2) is 0 Å². The van der Waals surface area contributed by atoms with Gasteiger partial charge in [-0.2, -0.15) is 0 Å². The molecule has 0 bridgehead atoms. The quantitative estimate of drug-likeness (QED) is 0.837. The molecule has 0 aromatic heterocycles. The molecular weight excluding hydrogens is 252 g/mol. The predicted molar refractivity (Wildman–Crippen MR) is 78.0 cm³/mol. The van der Waals surface area contributed by atoms with Crippen LogP contribution in [0.1, 0.15) is 44.2 Å². The summed E-state index contributed by atoms with van der Waals surface area (Å²) >= 11 is 0. The van der Waals surface area contributed by atoms with Crippen molar-refractivity contribution in [3.05, 3.63) is 35.9 Å². The molecule has 1 aliphatic heterocycles. The van der Waals surface area contributed by atoms with Gasteiger partial charge in [0.2, 0.25) is 11.8 Å². The Morgan fingerprint density at radius 3 is 2.65 bits per heavy atom. The fourth-order valence-corrected chi connectivity index (χ4v) is 2.47. The summed E-state index contributed by atoms with van der Waals surface area (Å²) < 4.78 is 0. The number of nitrogens with zero attached hydrogens (tertiary/aromatic N) is 1. The van der Waals surface area contributed by atoms with Gasteiger partial charge in [-0.1, -0.05) is 50.1 Å². The van der Waals surface area contributed by atoms with Gasteiger partial charge in [-0.05, 0) is 12.0 Å². The summed E-state index contributed by atoms with van der Waals surface area (Å²) in [5.74, 6) is -0.0386. The highest BCUT2D eigenvalue weighted by Crippen LogP contribution is 2.19. The number of carbonyl (C=O) groups excluding carboxylic acids is 2. The number of hydrogen-bond acceptors (Lipinski definition) is 2. The van der Waals surface area contributed by atoms with Gasteiger partial charge in [0.25, 0.3) is 0 Å². The van der Waals surface area contributed by atoms with Crippen LogP contribution in [0.5, 0.6) is 0 Å². The number of carbonyl (C=O) groups is 2. The van der Waals surface area contributed by atoms with Crippen LogP contribution < -0.4 is 5.32 Å². The molecule has 0 saturated carbocycles. The highest BCUT2D eigenvalue weighted by molar-refractivity contribution is 5.90. The first-order chi connectivity index (χ1) is 9.72. The first-order valence-corrected chi connectivity index (χ1v) is 7.35. The molecule has 0 spiro atoms. The third-order valence-electron chi connectivity index (χ3n) is 3.64. The van der Waals surface area contributed by atoms with Crippen LogP contribution in [-0.4, -0.2) is 29.8 Å². The second kappa shape index (κ2) is 7.08. The van der Waals surface area contributed by atoms with Crippen LogP contribution in [-0.2, 0) is 9.59 Å². The van der Waals surface area contributed by atoms with Gasteiger partial charge >= 0.3 is 0 Å². The minimum absolute atomic E-state index is 0.0122. The second-order valence-electron chi connectivity index (χ2n) is 5.19. The van der Waals surface area contributed by atoms with Crippen LogP contribution in [0, 0.1) is 0 Å². The Hall–Kier alpha value is -1.84. The average molecular weight is 274 g/mol. The van der Waals surface area contributed by atoms with E-state index in [4.69, 9.17) is 0 Å². The number of benzene rings is 1. The number of amides is 2. The summed E-state index contributed by atoms with van der Waals surface area (Å²) in [6, 6.07) is 8.93. The fourth-order valence-electron chi connectivity index (χ4n) is 2.47. The molecular formula is C16H22N2O2. The number of rotatable bonds is 5. The van der Waals surface area contributed by atoms with Crippen molar-refractivity contribution in [1.82, 2.24) is 10.2 Å². The van der Waals surface area contributed by atoms with Crippen molar-refractivity contribution < 1.29 is 9.59 Å². The first kappa shape index (κ1) is 14.6. The van der Waals surface area contributed by atoms with Crippen LogP contribution >= 0.6 is 0 Å². The lowest BCUT2D eigenvalue weighted by molar-refractivity contribution is -0.133. The molecule has 1 unspecified atom stereocenters. The molecule has 0 radical (unpaired) electrons. The largest absolute Gasteiger partial charge is 0.340 e. The van der Waals surface area contributed by atoms with E-state index in [1.165, 1.54) is 0 Å². The third-order valence-corrected chi connectivity index (χ3v) is 3.64. The van der Waals surface area contributed by atoms with Crippen molar-refractivity contribution in [1.29, 1.82) is 0 Å². The zero-order valence-electron chi connectivity index (χ0n) is 12.0. The van der Waals surface area contributed by atoms with E-state index in [0.717, 1.165) is 31.4 Å². The van der Waals surface area contributed by atoms with Crippen LogP contribution in [0.3, 0.4) is 0 Å². The summed E-state index contributed by atoms with van der Waals surface area (Å²) in [6.07, 6.45) is 3.63. The molecule has 1 aliphatic rings. The standard InChI is InChI=1S/C16H22N2O2/c1-2-3-7-11-18-12-10-14(19)17-15(16(18)20)13-8-5-4-6-9-13/h4-6,8-9,15H,2-3,7,10-12H2,1H3,(H,17,19). The normalized spacial score (nSPS) is 19.6. The van der Waals surface area contributed by atoms with Crippen molar-refractivity contribution >= 4 is 11.8 Å². The lowest BCUT2D eigenvalue weighted by Gasteiger charge is -2.24. The summed E-state index contributed by atoms with van der Waals surface area (Å²) in [5, 5.41) is 2.84. The molecule has 108 valence electrons. The highest BCUT2D eigenvalue weighted by atomic mass is 16.2. The monoisotopic (exact) mass is 274 g/mol. The number of nitrogens with one attached hydrogen (secondary N) is 1. The van der Waals surface area contributed by atoms with Crippen molar-refractivity contribution in [2.24, 2.45) is 0 Å². The van der Waals surface area contributed by atoms with E-state index in [1.54, 1.807) is 0 Å². The van der Waals surface area contributed by atoms with E-state index in [9.17, 15) is 9.59 Å². The van der Waals surface area contributed by atoms with Crippen molar-refractivity contribution in [2.75, 3.05) is 13.1 Å². The van der Waals surface area contributed by atoms with Crippen molar-refractivity contribution in [2.45, 2.75) is 38.6 Å². The molecule has 4 nitrogen and oxygen atoms in total. The lowest BCUT2D eigenvalue weighted by Crippen LogP contribution is -2.38.